The van der Waals surface area contributed by atoms with E-state index in [1.807, 2.05) is 18.2 Å². The van der Waals surface area contributed by atoms with Crippen LogP contribution in [0, 0.1) is 11.8 Å². The second kappa shape index (κ2) is 24.2. The summed E-state index contributed by atoms with van der Waals surface area (Å²) in [4.78, 5) is 122. The number of ketones is 1. The fraction of sp³-hybridized carbons (Fsp3) is 0.353. The van der Waals surface area contributed by atoms with Gasteiger partial charge in [0.1, 0.15) is 29.6 Å². The predicted octanol–water partition coefficient (Wildman–Crippen LogP) is 3.82. The van der Waals surface area contributed by atoms with Crippen molar-refractivity contribution in [2.45, 2.75) is 82.5 Å². The number of primary amides is 1. The van der Waals surface area contributed by atoms with Gasteiger partial charge in [0.15, 0.2) is 0 Å². The van der Waals surface area contributed by atoms with Crippen LogP contribution in [0.4, 0.5) is 0 Å². The van der Waals surface area contributed by atoms with Gasteiger partial charge in [-0.05, 0) is 91.6 Å². The second-order valence-electron chi connectivity index (χ2n) is 17.2. The number of nitrogens with two attached hydrogens (primary N) is 1. The fourth-order valence-electron chi connectivity index (χ4n) is 8.72. The molecule has 4 aromatic rings. The van der Waals surface area contributed by atoms with E-state index in [-0.39, 0.29) is 43.0 Å². The molecule has 3 unspecified atom stereocenters. The Balaban J connectivity index is 1.19. The van der Waals surface area contributed by atoms with E-state index in [2.05, 4.69) is 26.6 Å². The molecule has 7 amide bonds. The Labute approximate surface area is 399 Å². The topological polar surface area (TPSA) is 272 Å². The zero-order valence-electron chi connectivity index (χ0n) is 38.2. The van der Waals surface area contributed by atoms with Crippen LogP contribution in [0.5, 0.6) is 11.5 Å². The van der Waals surface area contributed by atoms with Crippen LogP contribution in [-0.4, -0.2) is 101 Å². The lowest BCUT2D eigenvalue weighted by atomic mass is 9.83. The van der Waals surface area contributed by atoms with Crippen LogP contribution in [0.3, 0.4) is 0 Å². The molecule has 6 rings (SSSR count). The number of nitrogens with one attached hydrogen (secondary N) is 5. The Morgan fingerprint density at radius 3 is 1.99 bits per heavy atom. The summed E-state index contributed by atoms with van der Waals surface area (Å²) < 4.78 is 5.84. The van der Waals surface area contributed by atoms with Crippen molar-refractivity contribution in [2.75, 3.05) is 19.6 Å². The molecule has 69 heavy (non-hydrogen) atoms. The number of carbonyl (C=O) groups is 9. The number of nitrogens with zero attached hydrogens (tertiary/aromatic N) is 1. The second-order valence-corrected chi connectivity index (χ2v) is 17.2. The number of para-hydroxylation sites is 1. The normalized spacial score (nSPS) is 17.0. The number of aromatic carboxylic acids is 1. The molecule has 4 aromatic carbocycles. The van der Waals surface area contributed by atoms with Crippen molar-refractivity contribution in [3.05, 3.63) is 131 Å². The number of carbonyl (C=O) groups excluding carboxylic acids is 8. The van der Waals surface area contributed by atoms with Crippen molar-refractivity contribution < 1.29 is 53.0 Å². The minimum Gasteiger partial charge on any atom is -0.478 e. The number of rotatable bonds is 21. The zero-order chi connectivity index (χ0) is 49.5. The Morgan fingerprint density at radius 2 is 1.35 bits per heavy atom. The maximum atomic E-state index is 14.9. The summed E-state index contributed by atoms with van der Waals surface area (Å²) in [6, 6.07) is 24.5. The van der Waals surface area contributed by atoms with Crippen LogP contribution in [0.2, 0.25) is 0 Å². The molecule has 0 bridgehead atoms. The first-order chi connectivity index (χ1) is 33.2. The molecule has 8 N–H and O–H groups in total. The number of benzene rings is 4. The van der Waals surface area contributed by atoms with Crippen molar-refractivity contribution in [2.24, 2.45) is 17.6 Å². The maximum Gasteiger partial charge on any atom is 0.336 e. The van der Waals surface area contributed by atoms with E-state index in [4.69, 9.17) is 10.5 Å². The standard InChI is InChI=1S/C51H57N7O11/c1-2-14-39(44(60)49(65)54-29-41(59)56-42(45(52)61)32-15-6-3-7-16-32)55-48(64)40-27-31(28-53-46(62)34-23-25-36(26-24-34)69-35-19-10-5-11-20-35)30-58(40)50(66)43(33-17-8-4-9-18-33)57-47(63)37-21-12-13-22-38(37)51(67)68/h3,5-7,10-13,15-16,19-26,31,33,39-40,42-43H,2,4,8-9,14,17-18,27-30H2,1H3,(H2,52,61)(H,53,62)(H,54,65)(H,55,64)(H,56,59)(H,57,63)(H,67,68)/t31-,39?,40-,42?,43?/m0/s1. The third-order valence-corrected chi connectivity index (χ3v) is 12.3. The molecule has 1 aliphatic heterocycles. The average Bonchev–Trinajstić information content (AvgIpc) is 3.80. The summed E-state index contributed by atoms with van der Waals surface area (Å²) in [5.74, 6) is -7.49. The molecule has 0 aromatic heterocycles. The van der Waals surface area contributed by atoms with Crippen LogP contribution in [0.25, 0.3) is 0 Å². The third-order valence-electron chi connectivity index (χ3n) is 12.3. The van der Waals surface area contributed by atoms with Gasteiger partial charge in [0.25, 0.3) is 17.7 Å². The highest BCUT2D eigenvalue weighted by Gasteiger charge is 2.45. The molecule has 0 radical (unpaired) electrons. The number of hydrogen-bond acceptors (Lipinski definition) is 10. The molecule has 1 saturated heterocycles. The molecule has 5 atom stereocenters. The number of amides is 7. The van der Waals surface area contributed by atoms with E-state index in [0.29, 0.717) is 41.9 Å². The Kier molecular flexibility index (Phi) is 17.7. The molecule has 18 heteroatoms. The lowest BCUT2D eigenvalue weighted by Gasteiger charge is -2.35. The van der Waals surface area contributed by atoms with Gasteiger partial charge in [-0.3, -0.25) is 38.4 Å². The summed E-state index contributed by atoms with van der Waals surface area (Å²) in [6.07, 6.45) is 4.00. The van der Waals surface area contributed by atoms with Gasteiger partial charge in [-0.1, -0.05) is 93.3 Å². The first kappa shape index (κ1) is 50.5. The Hall–Kier alpha value is -7.89. The minimum atomic E-state index is -1.38. The van der Waals surface area contributed by atoms with Gasteiger partial charge >= 0.3 is 5.97 Å². The molecule has 0 spiro atoms. The lowest BCUT2D eigenvalue weighted by molar-refractivity contribution is -0.143. The maximum absolute atomic E-state index is 14.9. The van der Waals surface area contributed by atoms with Gasteiger partial charge in [-0.15, -0.1) is 0 Å². The molecular weight excluding hydrogens is 887 g/mol. The fourth-order valence-corrected chi connectivity index (χ4v) is 8.72. The minimum absolute atomic E-state index is 0.0149. The molecule has 1 aliphatic carbocycles. The largest absolute Gasteiger partial charge is 0.478 e. The van der Waals surface area contributed by atoms with E-state index in [9.17, 15) is 48.3 Å². The first-order valence-electron chi connectivity index (χ1n) is 23.0. The van der Waals surface area contributed by atoms with Gasteiger partial charge in [-0.25, -0.2) is 4.79 Å². The third kappa shape index (κ3) is 13.6. The Morgan fingerprint density at radius 1 is 0.725 bits per heavy atom. The van der Waals surface area contributed by atoms with Gasteiger partial charge in [0.2, 0.25) is 29.4 Å². The zero-order valence-corrected chi connectivity index (χ0v) is 38.2. The summed E-state index contributed by atoms with van der Waals surface area (Å²) in [6.45, 7) is 1.04. The lowest BCUT2D eigenvalue weighted by Crippen LogP contribution is -2.58. The van der Waals surface area contributed by atoms with Crippen molar-refractivity contribution in [1.82, 2.24) is 31.5 Å². The van der Waals surface area contributed by atoms with Crippen LogP contribution in [-0.2, 0) is 28.8 Å². The van der Waals surface area contributed by atoms with Gasteiger partial charge in [0, 0.05) is 18.7 Å². The highest BCUT2D eigenvalue weighted by molar-refractivity contribution is 6.38. The molecule has 1 heterocycles. The predicted molar refractivity (Wildman–Crippen MR) is 252 cm³/mol. The summed E-state index contributed by atoms with van der Waals surface area (Å²) in [7, 11) is 0. The highest BCUT2D eigenvalue weighted by atomic mass is 16.5. The summed E-state index contributed by atoms with van der Waals surface area (Å²) in [5, 5.41) is 22.9. The van der Waals surface area contributed by atoms with Crippen LogP contribution < -0.4 is 37.1 Å². The summed E-state index contributed by atoms with van der Waals surface area (Å²) in [5.41, 5.74) is 5.85. The van der Waals surface area contributed by atoms with E-state index >= 15 is 0 Å². The molecule has 2 aliphatic rings. The molecule has 1 saturated carbocycles. The number of likely N-dealkylation sites (tertiary alicyclic amines) is 1. The van der Waals surface area contributed by atoms with E-state index in [1.165, 1.54) is 29.2 Å². The number of ether oxygens (including phenoxy) is 1. The van der Waals surface area contributed by atoms with Crippen molar-refractivity contribution in [3.63, 3.8) is 0 Å². The quantitative estimate of drug-likeness (QED) is 0.0590. The number of hydrogen-bond donors (Lipinski definition) is 7. The van der Waals surface area contributed by atoms with Crippen LogP contribution in [0.15, 0.2) is 109 Å². The molecule has 362 valence electrons. The molecule has 2 fully saturated rings. The van der Waals surface area contributed by atoms with Crippen molar-refractivity contribution >= 4 is 53.1 Å². The molecular formula is C51H57N7O11. The van der Waals surface area contributed by atoms with Gasteiger partial charge in [0.05, 0.1) is 23.7 Å². The van der Waals surface area contributed by atoms with Gasteiger partial charge < -0.3 is 47.1 Å². The average molecular weight is 944 g/mol. The van der Waals surface area contributed by atoms with E-state index in [0.717, 1.165) is 19.3 Å². The smallest absolute Gasteiger partial charge is 0.336 e. The number of carboxylic acids is 1. The molecule has 18 nitrogen and oxygen atoms in total. The monoisotopic (exact) mass is 943 g/mol. The van der Waals surface area contributed by atoms with Crippen LogP contribution in [0.1, 0.15) is 101 Å². The summed E-state index contributed by atoms with van der Waals surface area (Å²) >= 11 is 0. The van der Waals surface area contributed by atoms with E-state index in [1.54, 1.807) is 73.7 Å². The number of Topliss-reactive ketones (excluding diaryl/α,β-unsaturated/α-hetero) is 1. The van der Waals surface area contributed by atoms with Crippen molar-refractivity contribution in [3.8, 4) is 11.5 Å². The van der Waals surface area contributed by atoms with Gasteiger partial charge in [-0.2, -0.15) is 0 Å². The SMILES string of the molecule is CCCC(NC(=O)[C@@H]1C[C@@H](CNC(=O)c2ccc(Oc3ccccc3)cc2)CN1C(=O)C(NC(=O)c1ccccc1C(=O)O)C1CCCCC1)C(=O)C(=O)NCC(=O)NC(C(N)=O)c1ccccc1. The Bertz CT molecular complexity index is 2500. The van der Waals surface area contributed by atoms with Crippen molar-refractivity contribution in [1.29, 1.82) is 0 Å². The van der Waals surface area contributed by atoms with E-state index < -0.39 is 89.7 Å². The first-order valence-corrected chi connectivity index (χ1v) is 23.0. The number of carboxylic acid groups (broad SMARTS) is 1. The van der Waals surface area contributed by atoms with Crippen LogP contribution >= 0.6 is 0 Å². The highest BCUT2D eigenvalue weighted by Crippen LogP contribution is 2.31.